The largest absolute Gasteiger partial charge is 0.374 e. The van der Waals surface area contributed by atoms with Crippen LogP contribution in [0, 0.1) is 17.8 Å². The quantitative estimate of drug-likeness (QED) is 0.831. The van der Waals surface area contributed by atoms with Crippen LogP contribution in [0.3, 0.4) is 0 Å². The van der Waals surface area contributed by atoms with Crippen molar-refractivity contribution in [1.29, 1.82) is 0 Å². The third-order valence-electron chi connectivity index (χ3n) is 5.27. The molecule has 0 aromatic heterocycles. The number of rotatable bonds is 4. The molecule has 0 bridgehead atoms. The SMILES string of the molecule is CCNC(C1CC(C)CC(C)C1)C1(C)CCCCO1. The van der Waals surface area contributed by atoms with Crippen molar-refractivity contribution in [2.24, 2.45) is 17.8 Å². The maximum absolute atomic E-state index is 6.24. The molecule has 0 aromatic carbocycles. The van der Waals surface area contributed by atoms with Gasteiger partial charge in [-0.3, -0.25) is 0 Å². The summed E-state index contributed by atoms with van der Waals surface area (Å²) in [5, 5.41) is 3.78. The van der Waals surface area contributed by atoms with Gasteiger partial charge in [0.2, 0.25) is 0 Å². The van der Waals surface area contributed by atoms with Gasteiger partial charge >= 0.3 is 0 Å². The second kappa shape index (κ2) is 6.58. The topological polar surface area (TPSA) is 21.3 Å². The normalized spacial score (nSPS) is 42.0. The van der Waals surface area contributed by atoms with Gasteiger partial charge in [0.1, 0.15) is 0 Å². The van der Waals surface area contributed by atoms with Crippen molar-refractivity contribution in [3.63, 3.8) is 0 Å². The lowest BCUT2D eigenvalue weighted by Gasteiger charge is -2.47. The molecule has 2 rings (SSSR count). The maximum atomic E-state index is 6.24. The Morgan fingerprint density at radius 2 is 1.84 bits per heavy atom. The van der Waals surface area contributed by atoms with E-state index in [-0.39, 0.29) is 5.60 Å². The summed E-state index contributed by atoms with van der Waals surface area (Å²) in [5.74, 6) is 2.55. The van der Waals surface area contributed by atoms with Crippen molar-refractivity contribution in [3.05, 3.63) is 0 Å². The molecule has 1 saturated carbocycles. The Labute approximate surface area is 119 Å². The van der Waals surface area contributed by atoms with Gasteiger partial charge in [0.05, 0.1) is 5.60 Å². The first kappa shape index (κ1) is 15.3. The van der Waals surface area contributed by atoms with E-state index in [0.717, 1.165) is 30.9 Å². The van der Waals surface area contributed by atoms with Gasteiger partial charge in [-0.1, -0.05) is 20.8 Å². The van der Waals surface area contributed by atoms with E-state index in [1.165, 1.54) is 38.5 Å². The van der Waals surface area contributed by atoms with Crippen molar-refractivity contribution in [1.82, 2.24) is 5.32 Å². The van der Waals surface area contributed by atoms with Crippen molar-refractivity contribution >= 4 is 0 Å². The molecule has 1 aliphatic heterocycles. The molecule has 4 unspecified atom stereocenters. The summed E-state index contributed by atoms with van der Waals surface area (Å²) in [5.41, 5.74) is 0.0652. The highest BCUT2D eigenvalue weighted by Gasteiger charge is 2.42. The number of likely N-dealkylation sites (N-methyl/N-ethyl adjacent to an activating group) is 1. The summed E-state index contributed by atoms with van der Waals surface area (Å²) in [4.78, 5) is 0. The lowest BCUT2D eigenvalue weighted by atomic mass is 9.69. The Morgan fingerprint density at radius 3 is 2.37 bits per heavy atom. The highest BCUT2D eigenvalue weighted by molar-refractivity contribution is 4.97. The zero-order chi connectivity index (χ0) is 13.9. The average molecular weight is 267 g/mol. The average Bonchev–Trinajstić information content (AvgIpc) is 2.35. The molecule has 112 valence electrons. The molecule has 2 fully saturated rings. The zero-order valence-corrected chi connectivity index (χ0v) is 13.4. The standard InChI is InChI=1S/C17H33NO/c1-5-18-16(17(4)8-6-7-9-19-17)15-11-13(2)10-14(3)12-15/h13-16,18H,5-12H2,1-4H3. The van der Waals surface area contributed by atoms with Gasteiger partial charge in [0.25, 0.3) is 0 Å². The van der Waals surface area contributed by atoms with Gasteiger partial charge in [0, 0.05) is 12.6 Å². The highest BCUT2D eigenvalue weighted by Crippen LogP contribution is 2.40. The van der Waals surface area contributed by atoms with Crippen LogP contribution in [-0.4, -0.2) is 24.8 Å². The van der Waals surface area contributed by atoms with Crippen LogP contribution in [0.2, 0.25) is 0 Å². The molecule has 0 aromatic rings. The summed E-state index contributed by atoms with van der Waals surface area (Å²) in [6.45, 7) is 11.4. The molecular formula is C17H33NO. The van der Waals surface area contributed by atoms with E-state index >= 15 is 0 Å². The first-order chi connectivity index (χ1) is 9.05. The Balaban J connectivity index is 2.09. The molecule has 2 heteroatoms. The van der Waals surface area contributed by atoms with Crippen molar-refractivity contribution < 1.29 is 4.74 Å². The summed E-state index contributed by atoms with van der Waals surface area (Å²) in [6, 6.07) is 0.544. The van der Waals surface area contributed by atoms with Crippen LogP contribution in [0.1, 0.15) is 66.2 Å². The molecule has 0 amide bonds. The summed E-state index contributed by atoms with van der Waals surface area (Å²) >= 11 is 0. The lowest BCUT2D eigenvalue weighted by Crippen LogP contribution is -2.57. The highest BCUT2D eigenvalue weighted by atomic mass is 16.5. The molecule has 2 aliphatic rings. The van der Waals surface area contributed by atoms with E-state index in [4.69, 9.17) is 4.74 Å². The van der Waals surface area contributed by atoms with Crippen LogP contribution >= 0.6 is 0 Å². The Hall–Kier alpha value is -0.0800. The van der Waals surface area contributed by atoms with E-state index in [1.54, 1.807) is 0 Å². The van der Waals surface area contributed by atoms with Crippen LogP contribution in [-0.2, 0) is 4.74 Å². The maximum Gasteiger partial charge on any atom is 0.0809 e. The first-order valence-corrected chi connectivity index (χ1v) is 8.42. The number of hydrogen-bond donors (Lipinski definition) is 1. The van der Waals surface area contributed by atoms with Gasteiger partial charge in [-0.25, -0.2) is 0 Å². The summed E-state index contributed by atoms with van der Waals surface area (Å²) in [6.07, 6.45) is 7.96. The molecule has 1 saturated heterocycles. The van der Waals surface area contributed by atoms with Crippen molar-refractivity contribution in [3.8, 4) is 0 Å². The van der Waals surface area contributed by atoms with Crippen LogP contribution in [0.5, 0.6) is 0 Å². The summed E-state index contributed by atoms with van der Waals surface area (Å²) in [7, 11) is 0. The van der Waals surface area contributed by atoms with E-state index in [9.17, 15) is 0 Å². The van der Waals surface area contributed by atoms with E-state index in [1.807, 2.05) is 0 Å². The smallest absolute Gasteiger partial charge is 0.0809 e. The Morgan fingerprint density at radius 1 is 1.16 bits per heavy atom. The minimum atomic E-state index is 0.0652. The first-order valence-electron chi connectivity index (χ1n) is 8.42. The lowest BCUT2D eigenvalue weighted by molar-refractivity contribution is -0.106. The zero-order valence-electron chi connectivity index (χ0n) is 13.4. The number of nitrogens with one attached hydrogen (secondary N) is 1. The fourth-order valence-corrected chi connectivity index (χ4v) is 4.58. The third kappa shape index (κ3) is 3.72. The van der Waals surface area contributed by atoms with Gasteiger partial charge in [-0.15, -0.1) is 0 Å². The summed E-state index contributed by atoms with van der Waals surface area (Å²) < 4.78 is 6.24. The van der Waals surface area contributed by atoms with Gasteiger partial charge in [0.15, 0.2) is 0 Å². The number of hydrogen-bond acceptors (Lipinski definition) is 2. The third-order valence-corrected chi connectivity index (χ3v) is 5.27. The molecule has 0 radical (unpaired) electrons. The second-order valence-corrected chi connectivity index (χ2v) is 7.33. The van der Waals surface area contributed by atoms with Crippen LogP contribution in [0.4, 0.5) is 0 Å². The van der Waals surface area contributed by atoms with Gasteiger partial charge in [-0.05, 0) is 69.7 Å². The predicted octanol–water partition coefficient (Wildman–Crippen LogP) is 4.00. The van der Waals surface area contributed by atoms with Crippen LogP contribution in [0.25, 0.3) is 0 Å². The fourth-order valence-electron chi connectivity index (χ4n) is 4.58. The van der Waals surface area contributed by atoms with E-state index in [0.29, 0.717) is 6.04 Å². The molecule has 2 nitrogen and oxygen atoms in total. The van der Waals surface area contributed by atoms with E-state index < -0.39 is 0 Å². The molecule has 1 heterocycles. The van der Waals surface area contributed by atoms with E-state index in [2.05, 4.69) is 33.0 Å². The fraction of sp³-hybridized carbons (Fsp3) is 1.00. The van der Waals surface area contributed by atoms with Crippen LogP contribution < -0.4 is 5.32 Å². The minimum Gasteiger partial charge on any atom is -0.374 e. The van der Waals surface area contributed by atoms with Crippen LogP contribution in [0.15, 0.2) is 0 Å². The van der Waals surface area contributed by atoms with Gasteiger partial charge < -0.3 is 10.1 Å². The second-order valence-electron chi connectivity index (χ2n) is 7.33. The predicted molar refractivity (Wildman–Crippen MR) is 81.3 cm³/mol. The molecule has 0 spiro atoms. The monoisotopic (exact) mass is 267 g/mol. The number of ether oxygens (including phenoxy) is 1. The Bertz CT molecular complexity index is 262. The molecule has 19 heavy (non-hydrogen) atoms. The van der Waals surface area contributed by atoms with Crippen molar-refractivity contribution in [2.75, 3.05) is 13.2 Å². The molecule has 1 N–H and O–H groups in total. The van der Waals surface area contributed by atoms with Crippen molar-refractivity contribution in [2.45, 2.75) is 77.9 Å². The Kier molecular flexibility index (Phi) is 5.30. The minimum absolute atomic E-state index is 0.0652. The molecule has 1 aliphatic carbocycles. The van der Waals surface area contributed by atoms with Gasteiger partial charge in [-0.2, -0.15) is 0 Å². The molecule has 4 atom stereocenters. The molecular weight excluding hydrogens is 234 g/mol.